The van der Waals surface area contributed by atoms with Crippen molar-refractivity contribution in [2.24, 2.45) is 0 Å². The van der Waals surface area contributed by atoms with Crippen LogP contribution in [-0.2, 0) is 11.0 Å². The summed E-state index contributed by atoms with van der Waals surface area (Å²) in [5.74, 6) is 0.413. The lowest BCUT2D eigenvalue weighted by molar-refractivity contribution is -0.137. The third-order valence-corrected chi connectivity index (χ3v) is 5.46. The van der Waals surface area contributed by atoms with Gasteiger partial charge >= 0.3 is 6.18 Å². The Balaban J connectivity index is 1.57. The molecule has 0 radical (unpaired) electrons. The monoisotopic (exact) mass is 445 g/mol. The number of aromatic nitrogens is 1. The number of rotatable bonds is 7. The number of alkyl halides is 3. The average molecular weight is 445 g/mol. The van der Waals surface area contributed by atoms with Crippen LogP contribution in [0.15, 0.2) is 42.6 Å². The molecule has 1 atom stereocenters. The highest BCUT2D eigenvalue weighted by atomic mass is 19.4. The fraction of sp³-hybridized carbons (Fsp3) is 0.435. The van der Waals surface area contributed by atoms with Crippen LogP contribution in [0.1, 0.15) is 32.3 Å². The summed E-state index contributed by atoms with van der Waals surface area (Å²) in [6.07, 6.45) is -1.48. The smallest absolute Gasteiger partial charge is 0.368 e. The molecule has 1 fully saturated rings. The van der Waals surface area contributed by atoms with Crippen molar-refractivity contribution in [3.63, 3.8) is 0 Å². The number of hydrogen-bond acceptors (Lipinski definition) is 5. The normalized spacial score (nSPS) is 16.6. The summed E-state index contributed by atoms with van der Waals surface area (Å²) in [6, 6.07) is 10.4. The first kappa shape index (κ1) is 23.5. The molecule has 1 aromatic carbocycles. The predicted molar refractivity (Wildman–Crippen MR) is 116 cm³/mol. The quantitative estimate of drug-likeness (QED) is 0.672. The maximum Gasteiger partial charge on any atom is 0.417 e. The van der Waals surface area contributed by atoms with E-state index in [0.29, 0.717) is 30.9 Å². The fourth-order valence-electron chi connectivity index (χ4n) is 3.63. The van der Waals surface area contributed by atoms with Crippen LogP contribution in [-0.4, -0.2) is 47.0 Å². The largest absolute Gasteiger partial charge is 0.417 e. The highest BCUT2D eigenvalue weighted by Gasteiger charge is 2.33. The molecule has 32 heavy (non-hydrogen) atoms. The molecule has 2 N–H and O–H groups in total. The topological polar surface area (TPSA) is 81.1 Å². The Hall–Kier alpha value is -3.12. The van der Waals surface area contributed by atoms with Gasteiger partial charge in [-0.25, -0.2) is 4.98 Å². The van der Waals surface area contributed by atoms with Gasteiger partial charge in [0.15, 0.2) is 0 Å². The zero-order valence-corrected chi connectivity index (χ0v) is 18.0. The van der Waals surface area contributed by atoms with E-state index in [-0.39, 0.29) is 24.1 Å². The van der Waals surface area contributed by atoms with Crippen molar-refractivity contribution in [3.05, 3.63) is 48.2 Å². The van der Waals surface area contributed by atoms with Gasteiger partial charge in [0, 0.05) is 30.4 Å². The van der Waals surface area contributed by atoms with Gasteiger partial charge in [-0.1, -0.05) is 18.2 Å². The van der Waals surface area contributed by atoms with Crippen molar-refractivity contribution in [2.75, 3.05) is 25.0 Å². The van der Waals surface area contributed by atoms with Crippen LogP contribution in [0.3, 0.4) is 0 Å². The molecule has 1 aliphatic heterocycles. The maximum atomic E-state index is 13.3. The SMILES string of the molecule is CC(C)(CNc1ccc(-c2ccccc2C(F)(F)F)cn1)NCC(=O)N1CCC[C@H]1C#N. The molecule has 2 heterocycles. The molecule has 3 rings (SSSR count). The number of likely N-dealkylation sites (tertiary alicyclic amines) is 1. The predicted octanol–water partition coefficient (Wildman–Crippen LogP) is 4.06. The highest BCUT2D eigenvalue weighted by molar-refractivity contribution is 5.79. The number of amides is 1. The molecule has 1 aromatic heterocycles. The zero-order valence-electron chi connectivity index (χ0n) is 18.0. The standard InChI is InChI=1S/C23H26F3N5O/c1-22(2,30-14-21(32)31-11-5-6-17(31)12-27)15-29-20-10-9-16(13-28-20)18-7-3-4-8-19(18)23(24,25)26/h3-4,7-10,13,17,30H,5-6,11,14-15H2,1-2H3,(H,28,29)/t17-/m0/s1. The summed E-state index contributed by atoms with van der Waals surface area (Å²) in [5.41, 5.74) is -0.698. The number of carbonyl (C=O) groups is 1. The van der Waals surface area contributed by atoms with E-state index in [1.807, 2.05) is 13.8 Å². The molecule has 2 aromatic rings. The summed E-state index contributed by atoms with van der Waals surface area (Å²) in [5, 5.41) is 15.5. The molecule has 0 unspecified atom stereocenters. The van der Waals surface area contributed by atoms with E-state index >= 15 is 0 Å². The van der Waals surface area contributed by atoms with E-state index in [1.54, 1.807) is 23.1 Å². The van der Waals surface area contributed by atoms with Gasteiger partial charge in [-0.3, -0.25) is 4.79 Å². The molecule has 1 amide bonds. The number of nitrogens with zero attached hydrogens (tertiary/aromatic N) is 3. The molecular weight excluding hydrogens is 419 g/mol. The Morgan fingerprint density at radius 3 is 2.66 bits per heavy atom. The van der Waals surface area contributed by atoms with Gasteiger partial charge in [0.25, 0.3) is 0 Å². The second-order valence-electron chi connectivity index (χ2n) is 8.44. The Morgan fingerprint density at radius 2 is 2.00 bits per heavy atom. The highest BCUT2D eigenvalue weighted by Crippen LogP contribution is 2.36. The Kier molecular flexibility index (Phi) is 7.04. The minimum atomic E-state index is -4.44. The lowest BCUT2D eigenvalue weighted by Gasteiger charge is -2.28. The van der Waals surface area contributed by atoms with Crippen LogP contribution >= 0.6 is 0 Å². The number of carbonyl (C=O) groups excluding carboxylic acids is 1. The van der Waals surface area contributed by atoms with Crippen LogP contribution in [0, 0.1) is 11.3 Å². The molecule has 0 bridgehead atoms. The van der Waals surface area contributed by atoms with E-state index in [9.17, 15) is 18.0 Å². The Bertz CT molecular complexity index is 982. The number of halogens is 3. The van der Waals surface area contributed by atoms with Crippen molar-refractivity contribution in [1.29, 1.82) is 5.26 Å². The summed E-state index contributed by atoms with van der Waals surface area (Å²) >= 11 is 0. The van der Waals surface area contributed by atoms with Gasteiger partial charge in [-0.15, -0.1) is 0 Å². The zero-order chi connectivity index (χ0) is 23.4. The number of nitriles is 1. The molecule has 0 aliphatic carbocycles. The molecule has 1 saturated heterocycles. The van der Waals surface area contributed by atoms with Crippen molar-refractivity contribution in [2.45, 2.75) is 44.4 Å². The molecular formula is C23H26F3N5O. The van der Waals surface area contributed by atoms with Gasteiger partial charge in [0.1, 0.15) is 11.9 Å². The van der Waals surface area contributed by atoms with Gasteiger partial charge in [-0.05, 0) is 50.5 Å². The van der Waals surface area contributed by atoms with Crippen LogP contribution in [0.25, 0.3) is 11.1 Å². The minimum Gasteiger partial charge on any atom is -0.368 e. The van der Waals surface area contributed by atoms with Crippen LogP contribution < -0.4 is 10.6 Å². The molecule has 1 aliphatic rings. The first-order chi connectivity index (χ1) is 15.1. The third-order valence-electron chi connectivity index (χ3n) is 5.46. The Morgan fingerprint density at radius 1 is 1.25 bits per heavy atom. The molecule has 170 valence electrons. The van der Waals surface area contributed by atoms with E-state index in [1.165, 1.54) is 18.3 Å². The second-order valence-corrected chi connectivity index (χ2v) is 8.44. The third kappa shape index (κ3) is 5.77. The Labute approximate surface area is 185 Å². The second kappa shape index (κ2) is 9.57. The average Bonchev–Trinajstić information content (AvgIpc) is 3.25. The first-order valence-electron chi connectivity index (χ1n) is 10.4. The molecule has 6 nitrogen and oxygen atoms in total. The summed E-state index contributed by atoms with van der Waals surface area (Å²) < 4.78 is 39.8. The molecule has 9 heteroatoms. The van der Waals surface area contributed by atoms with Crippen molar-refractivity contribution >= 4 is 11.7 Å². The van der Waals surface area contributed by atoms with Gasteiger partial charge in [0.2, 0.25) is 5.91 Å². The minimum absolute atomic E-state index is 0.0807. The summed E-state index contributed by atoms with van der Waals surface area (Å²) in [4.78, 5) is 18.3. The number of nitrogens with one attached hydrogen (secondary N) is 2. The summed E-state index contributed by atoms with van der Waals surface area (Å²) in [6.45, 7) is 5.01. The van der Waals surface area contributed by atoms with Gasteiger partial charge < -0.3 is 15.5 Å². The molecule has 0 spiro atoms. The van der Waals surface area contributed by atoms with E-state index < -0.39 is 17.3 Å². The van der Waals surface area contributed by atoms with Crippen LogP contribution in [0.2, 0.25) is 0 Å². The maximum absolute atomic E-state index is 13.3. The van der Waals surface area contributed by atoms with Crippen molar-refractivity contribution < 1.29 is 18.0 Å². The van der Waals surface area contributed by atoms with E-state index in [4.69, 9.17) is 5.26 Å². The first-order valence-corrected chi connectivity index (χ1v) is 10.4. The number of pyridine rings is 1. The lowest BCUT2D eigenvalue weighted by Crippen LogP contribution is -2.50. The van der Waals surface area contributed by atoms with Crippen molar-refractivity contribution in [3.8, 4) is 17.2 Å². The van der Waals surface area contributed by atoms with Crippen molar-refractivity contribution in [1.82, 2.24) is 15.2 Å². The van der Waals surface area contributed by atoms with E-state index in [2.05, 4.69) is 21.7 Å². The number of anilines is 1. The van der Waals surface area contributed by atoms with Crippen LogP contribution in [0.4, 0.5) is 19.0 Å². The fourth-order valence-corrected chi connectivity index (χ4v) is 3.63. The lowest BCUT2D eigenvalue weighted by atomic mass is 10.0. The number of benzene rings is 1. The van der Waals surface area contributed by atoms with Gasteiger partial charge in [-0.2, -0.15) is 18.4 Å². The van der Waals surface area contributed by atoms with E-state index in [0.717, 1.165) is 12.5 Å². The molecule has 0 saturated carbocycles. The van der Waals surface area contributed by atoms with Crippen LogP contribution in [0.5, 0.6) is 0 Å². The van der Waals surface area contributed by atoms with Gasteiger partial charge in [0.05, 0.1) is 18.2 Å². The number of hydrogen-bond donors (Lipinski definition) is 2. The summed E-state index contributed by atoms with van der Waals surface area (Å²) in [7, 11) is 0.